The van der Waals surface area contributed by atoms with E-state index in [1.54, 1.807) is 22.7 Å². The van der Waals surface area contributed by atoms with Gasteiger partial charge in [0.1, 0.15) is 11.6 Å². The smallest absolute Gasteiger partial charge is 0.188 e. The van der Waals surface area contributed by atoms with Crippen LogP contribution in [0.25, 0.3) is 17.0 Å². The fourth-order valence-corrected chi connectivity index (χ4v) is 3.96. The van der Waals surface area contributed by atoms with Crippen molar-refractivity contribution in [3.63, 3.8) is 0 Å². The summed E-state index contributed by atoms with van der Waals surface area (Å²) in [6.07, 6.45) is 0. The van der Waals surface area contributed by atoms with Crippen LogP contribution in [0.4, 0.5) is 10.2 Å². The summed E-state index contributed by atoms with van der Waals surface area (Å²) in [6, 6.07) is 19.1. The summed E-state index contributed by atoms with van der Waals surface area (Å²) in [7, 11) is 0. The van der Waals surface area contributed by atoms with E-state index in [4.69, 9.17) is 5.10 Å². The summed E-state index contributed by atoms with van der Waals surface area (Å²) in [4.78, 5) is 4.73. The van der Waals surface area contributed by atoms with Crippen LogP contribution >= 0.6 is 0 Å². The molecule has 152 valence electrons. The van der Waals surface area contributed by atoms with E-state index in [1.807, 2.05) is 12.1 Å². The molecule has 1 aliphatic rings. The number of halogens is 1. The Kier molecular flexibility index (Phi) is 4.88. The van der Waals surface area contributed by atoms with E-state index in [1.165, 1.54) is 17.2 Å². The van der Waals surface area contributed by atoms with Gasteiger partial charge in [0.2, 0.25) is 0 Å². The van der Waals surface area contributed by atoms with Gasteiger partial charge in [-0.05, 0) is 36.8 Å². The van der Waals surface area contributed by atoms with Crippen molar-refractivity contribution in [2.24, 2.45) is 0 Å². The lowest BCUT2D eigenvalue weighted by Crippen LogP contribution is -2.46. The van der Waals surface area contributed by atoms with Crippen molar-refractivity contribution in [1.29, 1.82) is 0 Å². The third-order valence-electron chi connectivity index (χ3n) is 5.55. The number of fused-ring (bicyclic) bond motifs is 1. The Hall–Kier alpha value is -3.32. The van der Waals surface area contributed by atoms with Crippen molar-refractivity contribution in [3.05, 3.63) is 77.6 Å². The molecule has 4 aromatic rings. The highest BCUT2D eigenvalue weighted by atomic mass is 19.1. The molecule has 5 rings (SSSR count). The Morgan fingerprint density at radius 2 is 1.73 bits per heavy atom. The van der Waals surface area contributed by atoms with Crippen LogP contribution in [0.1, 0.15) is 11.1 Å². The lowest BCUT2D eigenvalue weighted by atomic mass is 10.1. The average Bonchev–Trinajstić information content (AvgIpc) is 3.18. The molecule has 1 saturated heterocycles. The standard InChI is InChI=1S/C23H23FN6/c1-17-5-4-6-18(15-17)16-28-11-13-29(14-12-28)22-10-9-21-25-26-23(30(21)27-22)19-7-2-3-8-20(19)24/h2-10,15H,11-14,16H2,1H3. The average molecular weight is 402 g/mol. The van der Waals surface area contributed by atoms with Gasteiger partial charge < -0.3 is 4.90 Å². The maximum Gasteiger partial charge on any atom is 0.188 e. The molecule has 7 heteroatoms. The monoisotopic (exact) mass is 402 g/mol. The lowest BCUT2D eigenvalue weighted by molar-refractivity contribution is 0.249. The first-order valence-corrected chi connectivity index (χ1v) is 10.2. The molecule has 2 aromatic heterocycles. The van der Waals surface area contributed by atoms with Gasteiger partial charge in [-0.15, -0.1) is 15.3 Å². The third-order valence-corrected chi connectivity index (χ3v) is 5.55. The molecule has 0 bridgehead atoms. The summed E-state index contributed by atoms with van der Waals surface area (Å²) in [5.74, 6) is 0.946. The minimum atomic E-state index is -0.330. The third kappa shape index (κ3) is 3.64. The number of anilines is 1. The van der Waals surface area contributed by atoms with E-state index >= 15 is 0 Å². The Balaban J connectivity index is 1.33. The molecule has 1 fully saturated rings. The van der Waals surface area contributed by atoms with Gasteiger partial charge in [0.05, 0.1) is 5.56 Å². The first-order chi connectivity index (χ1) is 14.7. The molecular formula is C23H23FN6. The van der Waals surface area contributed by atoms with Crippen LogP contribution in [0.15, 0.2) is 60.7 Å². The zero-order valence-corrected chi connectivity index (χ0v) is 16.9. The van der Waals surface area contributed by atoms with Crippen molar-refractivity contribution in [2.45, 2.75) is 13.5 Å². The zero-order valence-electron chi connectivity index (χ0n) is 16.9. The quantitative estimate of drug-likeness (QED) is 0.522. The highest BCUT2D eigenvalue weighted by molar-refractivity contribution is 5.60. The summed E-state index contributed by atoms with van der Waals surface area (Å²) in [5, 5.41) is 13.0. The molecule has 0 unspecified atom stereocenters. The molecule has 0 saturated carbocycles. The van der Waals surface area contributed by atoms with Crippen LogP contribution < -0.4 is 4.90 Å². The molecule has 0 radical (unpaired) electrons. The van der Waals surface area contributed by atoms with Gasteiger partial charge in [-0.3, -0.25) is 4.90 Å². The van der Waals surface area contributed by atoms with Crippen LogP contribution in [0.3, 0.4) is 0 Å². The van der Waals surface area contributed by atoms with Gasteiger partial charge >= 0.3 is 0 Å². The van der Waals surface area contributed by atoms with Gasteiger partial charge in [-0.1, -0.05) is 42.0 Å². The summed E-state index contributed by atoms with van der Waals surface area (Å²) in [5.41, 5.74) is 3.65. The molecular weight excluding hydrogens is 379 g/mol. The largest absolute Gasteiger partial charge is 0.353 e. The van der Waals surface area contributed by atoms with E-state index < -0.39 is 0 Å². The minimum Gasteiger partial charge on any atom is -0.353 e. The van der Waals surface area contributed by atoms with Crippen LogP contribution in [0.2, 0.25) is 0 Å². The molecule has 0 atom stereocenters. The number of rotatable bonds is 4. The maximum absolute atomic E-state index is 14.3. The molecule has 2 aromatic carbocycles. The fourth-order valence-electron chi connectivity index (χ4n) is 3.96. The van der Waals surface area contributed by atoms with E-state index in [9.17, 15) is 4.39 Å². The Morgan fingerprint density at radius 1 is 0.900 bits per heavy atom. The minimum absolute atomic E-state index is 0.330. The molecule has 0 aliphatic carbocycles. The van der Waals surface area contributed by atoms with Gasteiger partial charge in [0.25, 0.3) is 0 Å². The lowest BCUT2D eigenvalue weighted by Gasteiger charge is -2.35. The number of benzene rings is 2. The summed E-state index contributed by atoms with van der Waals surface area (Å²) < 4.78 is 15.9. The van der Waals surface area contributed by atoms with Crippen LogP contribution in [-0.4, -0.2) is 50.9 Å². The summed E-state index contributed by atoms with van der Waals surface area (Å²) >= 11 is 0. The number of piperazine rings is 1. The molecule has 0 N–H and O–H groups in total. The Labute approximate surface area is 174 Å². The van der Waals surface area contributed by atoms with Crippen molar-refractivity contribution in [2.75, 3.05) is 31.1 Å². The number of aryl methyl sites for hydroxylation is 1. The predicted octanol–water partition coefficient (Wildman–Crippen LogP) is 3.56. The highest BCUT2D eigenvalue weighted by Crippen LogP contribution is 2.23. The van der Waals surface area contributed by atoms with Crippen molar-refractivity contribution < 1.29 is 4.39 Å². The van der Waals surface area contributed by atoms with Gasteiger partial charge in [-0.25, -0.2) is 4.39 Å². The first-order valence-electron chi connectivity index (χ1n) is 10.2. The van der Waals surface area contributed by atoms with E-state index in [-0.39, 0.29) is 5.82 Å². The van der Waals surface area contributed by atoms with Crippen molar-refractivity contribution >= 4 is 11.5 Å². The van der Waals surface area contributed by atoms with Crippen molar-refractivity contribution in [3.8, 4) is 11.4 Å². The normalized spacial score (nSPS) is 15.1. The number of aromatic nitrogens is 4. The zero-order chi connectivity index (χ0) is 20.5. The first kappa shape index (κ1) is 18.7. The van der Waals surface area contributed by atoms with Crippen LogP contribution in [-0.2, 0) is 6.54 Å². The van der Waals surface area contributed by atoms with Crippen molar-refractivity contribution in [1.82, 2.24) is 24.7 Å². The second kappa shape index (κ2) is 7.84. The number of hydrogen-bond acceptors (Lipinski definition) is 5. The molecule has 3 heterocycles. The molecule has 30 heavy (non-hydrogen) atoms. The second-order valence-electron chi connectivity index (χ2n) is 7.72. The topological polar surface area (TPSA) is 49.6 Å². The van der Waals surface area contributed by atoms with Crippen LogP contribution in [0, 0.1) is 12.7 Å². The van der Waals surface area contributed by atoms with E-state index in [2.05, 4.69) is 51.2 Å². The fraction of sp³-hybridized carbons (Fsp3) is 0.261. The maximum atomic E-state index is 14.3. The van der Waals surface area contributed by atoms with Gasteiger partial charge in [0.15, 0.2) is 11.5 Å². The predicted molar refractivity (Wildman–Crippen MR) is 115 cm³/mol. The highest BCUT2D eigenvalue weighted by Gasteiger charge is 2.20. The van der Waals surface area contributed by atoms with E-state index in [0.29, 0.717) is 17.0 Å². The second-order valence-corrected chi connectivity index (χ2v) is 7.72. The van der Waals surface area contributed by atoms with Gasteiger partial charge in [0, 0.05) is 32.7 Å². The SMILES string of the molecule is Cc1cccc(CN2CCN(c3ccc4nnc(-c5ccccc5F)n4n3)CC2)c1. The number of nitrogens with zero attached hydrogens (tertiary/aromatic N) is 6. The molecule has 6 nitrogen and oxygen atoms in total. The Morgan fingerprint density at radius 3 is 2.53 bits per heavy atom. The van der Waals surface area contributed by atoms with E-state index in [0.717, 1.165) is 38.5 Å². The molecule has 0 spiro atoms. The summed E-state index contributed by atoms with van der Waals surface area (Å²) in [6.45, 7) is 6.81. The van der Waals surface area contributed by atoms with Gasteiger partial charge in [-0.2, -0.15) is 4.52 Å². The molecule has 0 amide bonds. The Bertz CT molecular complexity index is 1180. The molecule has 1 aliphatic heterocycles. The number of hydrogen-bond donors (Lipinski definition) is 0. The van der Waals surface area contributed by atoms with Crippen LogP contribution in [0.5, 0.6) is 0 Å².